The Labute approximate surface area is 138 Å². The number of urea groups is 1. The molecule has 0 aliphatic carbocycles. The Balaban J connectivity index is 1.72. The zero-order valence-electron chi connectivity index (χ0n) is 13.3. The summed E-state index contributed by atoms with van der Waals surface area (Å²) in [6, 6.07) is 10.0. The number of pyridine rings is 1. The van der Waals surface area contributed by atoms with Gasteiger partial charge in [0, 0.05) is 31.8 Å². The first-order valence-corrected chi connectivity index (χ1v) is 8.02. The molecule has 1 atom stereocenters. The topological polar surface area (TPSA) is 62.6 Å². The summed E-state index contributed by atoms with van der Waals surface area (Å²) in [4.78, 5) is 40.2. The van der Waals surface area contributed by atoms with Crippen molar-refractivity contribution in [2.45, 2.75) is 32.5 Å². The first-order chi connectivity index (χ1) is 11.6. The lowest BCUT2D eigenvalue weighted by molar-refractivity contribution is -0.120. The fourth-order valence-electron chi connectivity index (χ4n) is 3.45. The van der Waals surface area contributed by atoms with Gasteiger partial charge in [0.05, 0.1) is 5.69 Å². The Morgan fingerprint density at radius 2 is 1.79 bits per heavy atom. The van der Waals surface area contributed by atoms with Gasteiger partial charge in [0.1, 0.15) is 6.04 Å². The van der Waals surface area contributed by atoms with Crippen molar-refractivity contribution in [3.63, 3.8) is 0 Å². The minimum absolute atomic E-state index is 0.148. The fraction of sp³-hybridized carbons (Fsp3) is 0.278. The summed E-state index contributed by atoms with van der Waals surface area (Å²) < 4.78 is 1.49. The summed E-state index contributed by atoms with van der Waals surface area (Å²) in [7, 11) is 0. The lowest BCUT2D eigenvalue weighted by atomic mass is 9.95. The van der Waals surface area contributed by atoms with Crippen LogP contribution in [-0.2, 0) is 24.3 Å². The monoisotopic (exact) mass is 323 g/mol. The van der Waals surface area contributed by atoms with E-state index in [2.05, 4.69) is 0 Å². The standard InChI is InChI=1S/C18H17N3O3/c1-2-19-11-14(7-8-16(19)22)21-17(23)15-9-12-5-3-4-6-13(12)10-20(15)18(21)24/h3-8,11,15H,2,9-10H2,1H3/t15-/m0/s1. The van der Waals surface area contributed by atoms with Crippen molar-refractivity contribution in [1.82, 2.24) is 9.47 Å². The number of fused-ring (bicyclic) bond motifs is 2. The molecule has 4 rings (SSSR count). The van der Waals surface area contributed by atoms with Gasteiger partial charge in [-0.1, -0.05) is 24.3 Å². The molecule has 1 saturated heterocycles. The summed E-state index contributed by atoms with van der Waals surface area (Å²) in [6.07, 6.45) is 2.11. The number of aryl methyl sites for hydroxylation is 1. The van der Waals surface area contributed by atoms with Gasteiger partial charge < -0.3 is 9.47 Å². The van der Waals surface area contributed by atoms with E-state index in [9.17, 15) is 14.4 Å². The van der Waals surface area contributed by atoms with E-state index < -0.39 is 6.04 Å². The average Bonchev–Trinajstić information content (AvgIpc) is 2.84. The molecular formula is C18H17N3O3. The van der Waals surface area contributed by atoms with Gasteiger partial charge in [0.15, 0.2) is 0 Å². The molecule has 0 saturated carbocycles. The molecule has 3 heterocycles. The quantitative estimate of drug-likeness (QED) is 0.791. The molecule has 1 aromatic heterocycles. The van der Waals surface area contributed by atoms with E-state index >= 15 is 0 Å². The van der Waals surface area contributed by atoms with Gasteiger partial charge in [-0.2, -0.15) is 0 Å². The van der Waals surface area contributed by atoms with E-state index in [1.165, 1.54) is 21.6 Å². The van der Waals surface area contributed by atoms with Gasteiger partial charge in [0.25, 0.3) is 11.5 Å². The predicted octanol–water partition coefficient (Wildman–Crippen LogP) is 1.76. The predicted molar refractivity (Wildman–Crippen MR) is 88.7 cm³/mol. The molecule has 2 aliphatic heterocycles. The lowest BCUT2D eigenvalue weighted by Gasteiger charge is -2.28. The first kappa shape index (κ1) is 14.7. The molecule has 24 heavy (non-hydrogen) atoms. The van der Waals surface area contributed by atoms with Gasteiger partial charge in [-0.3, -0.25) is 9.59 Å². The normalized spacial score (nSPS) is 19.5. The number of aromatic nitrogens is 1. The zero-order chi connectivity index (χ0) is 16.8. The molecule has 0 radical (unpaired) electrons. The number of carbonyl (C=O) groups is 2. The number of carbonyl (C=O) groups excluding carboxylic acids is 2. The van der Waals surface area contributed by atoms with Gasteiger partial charge >= 0.3 is 6.03 Å². The molecule has 0 spiro atoms. The zero-order valence-corrected chi connectivity index (χ0v) is 13.3. The maximum atomic E-state index is 12.8. The number of rotatable bonds is 2. The van der Waals surface area contributed by atoms with Crippen molar-refractivity contribution in [3.05, 3.63) is 64.1 Å². The second-order valence-corrected chi connectivity index (χ2v) is 6.08. The molecule has 2 aromatic rings. The third kappa shape index (κ3) is 2.06. The number of hydrogen-bond donors (Lipinski definition) is 0. The highest BCUT2D eigenvalue weighted by Crippen LogP contribution is 2.32. The van der Waals surface area contributed by atoms with Gasteiger partial charge in [-0.05, 0) is 24.1 Å². The number of benzene rings is 1. The summed E-state index contributed by atoms with van der Waals surface area (Å²) in [5, 5.41) is 0. The third-order valence-corrected chi connectivity index (χ3v) is 4.76. The minimum atomic E-state index is -0.464. The first-order valence-electron chi connectivity index (χ1n) is 8.02. The molecule has 6 nitrogen and oxygen atoms in total. The molecule has 1 aromatic carbocycles. The average molecular weight is 323 g/mol. The van der Waals surface area contributed by atoms with Crippen LogP contribution in [-0.4, -0.2) is 27.4 Å². The van der Waals surface area contributed by atoms with Gasteiger partial charge in [-0.15, -0.1) is 0 Å². The number of anilines is 1. The SMILES string of the molecule is CCn1cc(N2C(=O)[C@@H]3Cc4ccccc4CN3C2=O)ccc1=O. The van der Waals surface area contributed by atoms with Gasteiger partial charge in [0.2, 0.25) is 0 Å². The van der Waals surface area contributed by atoms with E-state index in [0.29, 0.717) is 25.2 Å². The molecule has 0 bridgehead atoms. The smallest absolute Gasteiger partial charge is 0.314 e. The third-order valence-electron chi connectivity index (χ3n) is 4.76. The highest BCUT2D eigenvalue weighted by Gasteiger charge is 2.47. The highest BCUT2D eigenvalue weighted by molar-refractivity contribution is 6.21. The maximum absolute atomic E-state index is 12.8. The molecule has 3 amide bonds. The summed E-state index contributed by atoms with van der Waals surface area (Å²) in [5.41, 5.74) is 2.49. The minimum Gasteiger partial charge on any atom is -0.314 e. The Morgan fingerprint density at radius 3 is 2.54 bits per heavy atom. The van der Waals surface area contributed by atoms with Crippen LogP contribution in [0.1, 0.15) is 18.1 Å². The van der Waals surface area contributed by atoms with Crippen LogP contribution in [0.3, 0.4) is 0 Å². The Bertz CT molecular complexity index is 859. The Kier molecular flexibility index (Phi) is 3.26. The fourth-order valence-corrected chi connectivity index (χ4v) is 3.45. The van der Waals surface area contributed by atoms with Crippen molar-refractivity contribution < 1.29 is 9.59 Å². The van der Waals surface area contributed by atoms with Crippen LogP contribution in [0.5, 0.6) is 0 Å². The summed E-state index contributed by atoms with van der Waals surface area (Å²) in [6.45, 7) is 2.77. The van der Waals surface area contributed by atoms with Crippen LogP contribution < -0.4 is 10.5 Å². The van der Waals surface area contributed by atoms with Crippen LogP contribution >= 0.6 is 0 Å². The van der Waals surface area contributed by atoms with Crippen LogP contribution in [0.15, 0.2) is 47.4 Å². The van der Waals surface area contributed by atoms with Crippen LogP contribution in [0, 0.1) is 0 Å². The Hall–Kier alpha value is -2.89. The Morgan fingerprint density at radius 1 is 1.04 bits per heavy atom. The molecule has 1 fully saturated rings. The number of amides is 3. The van der Waals surface area contributed by atoms with Crippen molar-refractivity contribution in [2.24, 2.45) is 0 Å². The second-order valence-electron chi connectivity index (χ2n) is 6.08. The molecule has 6 heteroatoms. The van der Waals surface area contributed by atoms with Crippen LogP contribution in [0.2, 0.25) is 0 Å². The van der Waals surface area contributed by atoms with E-state index in [4.69, 9.17) is 0 Å². The molecule has 2 aliphatic rings. The van der Waals surface area contributed by atoms with E-state index in [1.54, 1.807) is 11.1 Å². The van der Waals surface area contributed by atoms with E-state index in [1.807, 2.05) is 31.2 Å². The molecule has 122 valence electrons. The van der Waals surface area contributed by atoms with Gasteiger partial charge in [-0.25, -0.2) is 9.69 Å². The van der Waals surface area contributed by atoms with Crippen molar-refractivity contribution in [2.75, 3.05) is 4.90 Å². The maximum Gasteiger partial charge on any atom is 0.332 e. The summed E-state index contributed by atoms with van der Waals surface area (Å²) >= 11 is 0. The van der Waals surface area contributed by atoms with Crippen molar-refractivity contribution in [1.29, 1.82) is 0 Å². The largest absolute Gasteiger partial charge is 0.332 e. The van der Waals surface area contributed by atoms with Crippen LogP contribution in [0.4, 0.5) is 10.5 Å². The van der Waals surface area contributed by atoms with Crippen molar-refractivity contribution in [3.8, 4) is 0 Å². The van der Waals surface area contributed by atoms with Crippen molar-refractivity contribution >= 4 is 17.6 Å². The molecule has 0 unspecified atom stereocenters. The van der Waals surface area contributed by atoms with Crippen LogP contribution in [0.25, 0.3) is 0 Å². The van der Waals surface area contributed by atoms with E-state index in [0.717, 1.165) is 11.1 Å². The summed E-state index contributed by atoms with van der Waals surface area (Å²) in [5.74, 6) is -0.226. The second kappa shape index (κ2) is 5.33. The number of hydrogen-bond acceptors (Lipinski definition) is 3. The lowest BCUT2D eigenvalue weighted by Crippen LogP contribution is -2.39. The molecular weight excluding hydrogens is 306 g/mol. The van der Waals surface area contributed by atoms with E-state index in [-0.39, 0.29) is 17.5 Å². The number of nitrogens with zero attached hydrogens (tertiary/aromatic N) is 3. The highest BCUT2D eigenvalue weighted by atomic mass is 16.2. The number of imide groups is 1. The molecule has 0 N–H and O–H groups in total.